The molecule has 19 heavy (non-hydrogen) atoms. The number of halogens is 1. The summed E-state index contributed by atoms with van der Waals surface area (Å²) in [5.41, 5.74) is 2.15. The predicted octanol–water partition coefficient (Wildman–Crippen LogP) is 4.34. The Morgan fingerprint density at radius 2 is 1.89 bits per heavy atom. The maximum Gasteiger partial charge on any atom is 0.0674 e. The van der Waals surface area contributed by atoms with Crippen LogP contribution in [0.4, 0.5) is 0 Å². The molecule has 0 aliphatic carbocycles. The van der Waals surface area contributed by atoms with Gasteiger partial charge in [-0.3, -0.25) is 0 Å². The van der Waals surface area contributed by atoms with E-state index in [-0.39, 0.29) is 6.10 Å². The minimum absolute atomic E-state index is 0.384. The number of thioether (sulfide) groups is 1. The van der Waals surface area contributed by atoms with Crippen molar-refractivity contribution in [2.45, 2.75) is 24.3 Å². The molecule has 1 nitrogen and oxygen atoms in total. The van der Waals surface area contributed by atoms with Crippen molar-refractivity contribution in [1.29, 1.82) is 0 Å². The molecule has 1 N–H and O–H groups in total. The second kappa shape index (κ2) is 6.99. The number of hydrogen-bond donors (Lipinski definition) is 1. The normalized spacial score (nSPS) is 12.4. The summed E-state index contributed by atoms with van der Waals surface area (Å²) < 4.78 is 0. The minimum atomic E-state index is -0.384. The highest BCUT2D eigenvalue weighted by molar-refractivity contribution is 7.99. The van der Waals surface area contributed by atoms with E-state index in [0.29, 0.717) is 12.2 Å². The van der Waals surface area contributed by atoms with E-state index in [4.69, 9.17) is 11.6 Å². The molecule has 2 aromatic carbocycles. The molecule has 0 spiro atoms. The van der Waals surface area contributed by atoms with Crippen LogP contribution in [0.15, 0.2) is 53.4 Å². The Hall–Kier alpha value is -0.960. The Kier molecular flexibility index (Phi) is 5.32. The lowest BCUT2D eigenvalue weighted by molar-refractivity contribution is 0.200. The average Bonchev–Trinajstić information content (AvgIpc) is 2.41. The molecule has 0 fully saturated rings. The van der Waals surface area contributed by atoms with Gasteiger partial charge in [-0.15, -0.1) is 11.8 Å². The fourth-order valence-electron chi connectivity index (χ4n) is 1.84. The van der Waals surface area contributed by atoms with Crippen LogP contribution < -0.4 is 0 Å². The van der Waals surface area contributed by atoms with Gasteiger partial charge in [0, 0.05) is 22.1 Å². The summed E-state index contributed by atoms with van der Waals surface area (Å²) in [5.74, 6) is 0.675. The van der Waals surface area contributed by atoms with Crippen molar-refractivity contribution in [3.63, 3.8) is 0 Å². The molecule has 0 radical (unpaired) electrons. The summed E-state index contributed by atoms with van der Waals surface area (Å²) in [5, 5.41) is 10.8. The van der Waals surface area contributed by atoms with Gasteiger partial charge in [0.1, 0.15) is 0 Å². The molecular weight excluding hydrogens is 276 g/mol. The molecule has 0 aliphatic rings. The first-order valence-electron chi connectivity index (χ1n) is 6.26. The predicted molar refractivity (Wildman–Crippen MR) is 83.1 cm³/mol. The Morgan fingerprint density at radius 3 is 2.58 bits per heavy atom. The lowest BCUT2D eigenvalue weighted by Crippen LogP contribution is -2.13. The molecular formula is C16H17ClOS. The van der Waals surface area contributed by atoms with Crippen molar-refractivity contribution in [2.75, 3.05) is 5.75 Å². The van der Waals surface area contributed by atoms with E-state index in [9.17, 15) is 5.11 Å². The van der Waals surface area contributed by atoms with E-state index in [0.717, 1.165) is 16.1 Å². The van der Waals surface area contributed by atoms with Crippen LogP contribution in [0.5, 0.6) is 0 Å². The molecule has 1 unspecified atom stereocenters. The van der Waals surface area contributed by atoms with Crippen LogP contribution in [0.2, 0.25) is 5.02 Å². The third kappa shape index (κ3) is 4.57. The van der Waals surface area contributed by atoms with Gasteiger partial charge >= 0.3 is 0 Å². The first kappa shape index (κ1) is 14.4. The number of aryl methyl sites for hydroxylation is 1. The van der Waals surface area contributed by atoms with Gasteiger partial charge in [-0.1, -0.05) is 41.9 Å². The molecule has 0 saturated carbocycles. The molecule has 0 heterocycles. The monoisotopic (exact) mass is 292 g/mol. The summed E-state index contributed by atoms with van der Waals surface area (Å²) in [6, 6.07) is 16.1. The Morgan fingerprint density at radius 1 is 1.16 bits per heavy atom. The van der Waals surface area contributed by atoms with Crippen LogP contribution in [-0.2, 0) is 6.42 Å². The second-order valence-electron chi connectivity index (χ2n) is 4.58. The molecule has 1 atom stereocenters. The number of aliphatic hydroxyl groups is 1. The molecule has 0 bridgehead atoms. The van der Waals surface area contributed by atoms with Crippen LogP contribution in [0, 0.1) is 6.92 Å². The van der Waals surface area contributed by atoms with E-state index in [1.807, 2.05) is 43.3 Å². The summed E-state index contributed by atoms with van der Waals surface area (Å²) in [6.45, 7) is 2.01. The second-order valence-corrected chi connectivity index (χ2v) is 6.08. The summed E-state index contributed by atoms with van der Waals surface area (Å²) in [4.78, 5) is 1.18. The van der Waals surface area contributed by atoms with Crippen molar-refractivity contribution in [3.05, 3.63) is 64.7 Å². The highest BCUT2D eigenvalue weighted by atomic mass is 35.5. The highest BCUT2D eigenvalue weighted by Gasteiger charge is 2.09. The summed E-state index contributed by atoms with van der Waals surface area (Å²) in [6.07, 6.45) is 0.212. The largest absolute Gasteiger partial charge is 0.392 e. The van der Waals surface area contributed by atoms with E-state index in [2.05, 4.69) is 12.1 Å². The van der Waals surface area contributed by atoms with Gasteiger partial charge in [-0.25, -0.2) is 0 Å². The zero-order valence-corrected chi connectivity index (χ0v) is 12.4. The Bertz CT molecular complexity index is 528. The molecule has 0 aliphatic heterocycles. The molecule has 2 rings (SSSR count). The highest BCUT2D eigenvalue weighted by Crippen LogP contribution is 2.22. The van der Waals surface area contributed by atoms with E-state index in [1.54, 1.807) is 11.8 Å². The zero-order chi connectivity index (χ0) is 13.7. The molecule has 2 aromatic rings. The van der Waals surface area contributed by atoms with E-state index >= 15 is 0 Å². The molecule has 0 amide bonds. The van der Waals surface area contributed by atoms with Crippen molar-refractivity contribution in [1.82, 2.24) is 0 Å². The standard InChI is InChI=1S/C16H17ClOS/c1-12-7-8-13(16(17)9-12)10-14(18)11-19-15-5-3-2-4-6-15/h2-9,14,18H,10-11H2,1H3. The van der Waals surface area contributed by atoms with Crippen molar-refractivity contribution in [2.24, 2.45) is 0 Å². The zero-order valence-electron chi connectivity index (χ0n) is 10.8. The first-order chi connectivity index (χ1) is 9.15. The van der Waals surface area contributed by atoms with Crippen LogP contribution in [0.1, 0.15) is 11.1 Å². The SMILES string of the molecule is Cc1ccc(CC(O)CSc2ccccc2)c(Cl)c1. The maximum atomic E-state index is 10.1. The Balaban J connectivity index is 1.89. The fraction of sp³-hybridized carbons (Fsp3) is 0.250. The molecule has 0 saturated heterocycles. The lowest BCUT2D eigenvalue weighted by atomic mass is 10.1. The Labute approximate surface area is 123 Å². The summed E-state index contributed by atoms with van der Waals surface area (Å²) >= 11 is 7.84. The minimum Gasteiger partial charge on any atom is -0.392 e. The van der Waals surface area contributed by atoms with Gasteiger partial charge in [0.05, 0.1) is 6.10 Å². The number of rotatable bonds is 5. The van der Waals surface area contributed by atoms with Gasteiger partial charge in [0.15, 0.2) is 0 Å². The first-order valence-corrected chi connectivity index (χ1v) is 7.62. The van der Waals surface area contributed by atoms with Crippen LogP contribution in [-0.4, -0.2) is 17.0 Å². The summed E-state index contributed by atoms with van der Waals surface area (Å²) in [7, 11) is 0. The van der Waals surface area contributed by atoms with Gasteiger partial charge < -0.3 is 5.11 Å². The number of hydrogen-bond acceptors (Lipinski definition) is 2. The van der Waals surface area contributed by atoms with Crippen LogP contribution in [0.25, 0.3) is 0 Å². The van der Waals surface area contributed by atoms with E-state index < -0.39 is 0 Å². The van der Waals surface area contributed by atoms with Crippen molar-refractivity contribution in [3.8, 4) is 0 Å². The third-order valence-electron chi connectivity index (χ3n) is 2.85. The van der Waals surface area contributed by atoms with Gasteiger partial charge in [0.25, 0.3) is 0 Å². The number of benzene rings is 2. The van der Waals surface area contributed by atoms with Crippen LogP contribution in [0.3, 0.4) is 0 Å². The molecule has 100 valence electrons. The maximum absolute atomic E-state index is 10.1. The quantitative estimate of drug-likeness (QED) is 0.827. The van der Waals surface area contributed by atoms with Gasteiger partial charge in [-0.2, -0.15) is 0 Å². The van der Waals surface area contributed by atoms with E-state index in [1.165, 1.54) is 4.90 Å². The average molecular weight is 293 g/mol. The molecule has 3 heteroatoms. The molecule has 0 aromatic heterocycles. The van der Waals surface area contributed by atoms with Crippen molar-refractivity contribution < 1.29 is 5.11 Å². The van der Waals surface area contributed by atoms with Gasteiger partial charge in [0.2, 0.25) is 0 Å². The van der Waals surface area contributed by atoms with Gasteiger partial charge in [-0.05, 0) is 36.2 Å². The smallest absolute Gasteiger partial charge is 0.0674 e. The van der Waals surface area contributed by atoms with Crippen LogP contribution >= 0.6 is 23.4 Å². The fourth-order valence-corrected chi connectivity index (χ4v) is 3.00. The number of aliphatic hydroxyl groups excluding tert-OH is 1. The topological polar surface area (TPSA) is 20.2 Å². The van der Waals surface area contributed by atoms with Crippen molar-refractivity contribution >= 4 is 23.4 Å². The third-order valence-corrected chi connectivity index (χ3v) is 4.36. The lowest BCUT2D eigenvalue weighted by Gasteiger charge is -2.12.